The topological polar surface area (TPSA) is 134 Å². The van der Waals surface area contributed by atoms with Crippen LogP contribution in [0.15, 0.2) is 48.8 Å². The maximum Gasteiger partial charge on any atom is 0.407 e. The van der Waals surface area contributed by atoms with Gasteiger partial charge < -0.3 is 30.4 Å². The van der Waals surface area contributed by atoms with Crippen molar-refractivity contribution in [2.75, 3.05) is 13.1 Å². The smallest absolute Gasteiger partial charge is 0.407 e. The molecule has 0 saturated heterocycles. The molecule has 3 rings (SSSR count). The molecule has 0 radical (unpaired) electrons. The number of benzene rings is 1. The molecule has 210 valence electrons. The van der Waals surface area contributed by atoms with Gasteiger partial charge in [0.25, 0.3) is 5.91 Å². The second-order valence-corrected chi connectivity index (χ2v) is 11.3. The maximum atomic E-state index is 13.0. The molecule has 2 heterocycles. The number of pyridine rings is 1. The number of nitrogens with zero attached hydrogens (tertiary/aromatic N) is 1. The highest BCUT2D eigenvalue weighted by molar-refractivity contribution is 5.98. The van der Waals surface area contributed by atoms with E-state index in [2.05, 4.69) is 25.9 Å². The van der Waals surface area contributed by atoms with Crippen molar-refractivity contribution >= 4 is 29.0 Å². The Morgan fingerprint density at radius 1 is 0.872 bits per heavy atom. The molecule has 10 heteroatoms. The molecule has 0 fully saturated rings. The number of carbonyl (C=O) groups is 3. The lowest BCUT2D eigenvalue weighted by Gasteiger charge is -2.24. The van der Waals surface area contributed by atoms with Crippen LogP contribution in [0.25, 0.3) is 22.0 Å². The molecule has 0 saturated carbocycles. The van der Waals surface area contributed by atoms with Gasteiger partial charge in [0.05, 0.1) is 0 Å². The Morgan fingerprint density at radius 2 is 1.54 bits per heavy atom. The van der Waals surface area contributed by atoms with E-state index in [1.54, 1.807) is 60.0 Å². The van der Waals surface area contributed by atoms with Gasteiger partial charge in [-0.15, -0.1) is 0 Å². The number of aromatic nitrogens is 2. The molecule has 0 aliphatic heterocycles. The summed E-state index contributed by atoms with van der Waals surface area (Å²) in [6.45, 7) is 11.3. The molecule has 10 nitrogen and oxygen atoms in total. The highest BCUT2D eigenvalue weighted by Gasteiger charge is 2.21. The third kappa shape index (κ3) is 9.96. The molecule has 0 bridgehead atoms. The first-order valence-electron chi connectivity index (χ1n) is 13.1. The van der Waals surface area contributed by atoms with Crippen LogP contribution >= 0.6 is 0 Å². The lowest BCUT2D eigenvalue weighted by atomic mass is 10.1. The standard InChI is InChI=1S/C29H39N5O5/c1-28(2,3)38-26(36)31-13-7-8-22(33-27(37)39-29(4,5)6)18-32-25(35)24-17-21-10-9-20(16-23(21)34-24)19-11-14-30-15-12-19/h9-12,14-17,22,34H,7-8,13,18H2,1-6H3,(H,31,36)(H,32,35)(H,33,37)/t22-/m1/s1. The molecule has 0 aliphatic rings. The van der Waals surface area contributed by atoms with Gasteiger partial charge in [-0.3, -0.25) is 9.78 Å². The number of carbonyl (C=O) groups excluding carboxylic acids is 3. The van der Waals surface area contributed by atoms with E-state index in [0.29, 0.717) is 25.1 Å². The van der Waals surface area contributed by atoms with Crippen LogP contribution in [-0.2, 0) is 9.47 Å². The third-order valence-electron chi connectivity index (χ3n) is 5.51. The van der Waals surface area contributed by atoms with E-state index in [1.807, 2.05) is 30.3 Å². The molecule has 3 aromatic rings. The first kappa shape index (κ1) is 29.5. The Bertz CT molecular complexity index is 1270. The molecular weight excluding hydrogens is 498 g/mol. The second-order valence-electron chi connectivity index (χ2n) is 11.3. The van der Waals surface area contributed by atoms with E-state index < -0.39 is 29.4 Å². The summed E-state index contributed by atoms with van der Waals surface area (Å²) in [7, 11) is 0. The van der Waals surface area contributed by atoms with Gasteiger partial charge in [-0.25, -0.2) is 9.59 Å². The summed E-state index contributed by atoms with van der Waals surface area (Å²) in [5.41, 5.74) is 2.06. The molecule has 0 unspecified atom stereocenters. The number of nitrogens with one attached hydrogen (secondary N) is 4. The predicted molar refractivity (Wildman–Crippen MR) is 150 cm³/mol. The average molecular weight is 538 g/mol. The van der Waals surface area contributed by atoms with Gasteiger partial charge in [0, 0.05) is 42.4 Å². The fraction of sp³-hybridized carbons (Fsp3) is 0.448. The van der Waals surface area contributed by atoms with E-state index in [1.165, 1.54) is 0 Å². The number of H-pyrrole nitrogens is 1. The Kier molecular flexibility index (Phi) is 9.56. The van der Waals surface area contributed by atoms with Gasteiger partial charge in [-0.2, -0.15) is 0 Å². The molecule has 3 amide bonds. The van der Waals surface area contributed by atoms with E-state index in [-0.39, 0.29) is 12.5 Å². The molecular formula is C29H39N5O5. The molecule has 4 N–H and O–H groups in total. The molecule has 39 heavy (non-hydrogen) atoms. The Labute approximate surface area is 229 Å². The van der Waals surface area contributed by atoms with Gasteiger partial charge in [-0.1, -0.05) is 12.1 Å². The fourth-order valence-corrected chi connectivity index (χ4v) is 3.84. The molecule has 1 atom stereocenters. The lowest BCUT2D eigenvalue weighted by molar-refractivity contribution is 0.0487. The molecule has 2 aromatic heterocycles. The van der Waals surface area contributed by atoms with Crippen molar-refractivity contribution in [2.45, 2.75) is 71.6 Å². The fourth-order valence-electron chi connectivity index (χ4n) is 3.84. The average Bonchev–Trinajstić information content (AvgIpc) is 3.26. The van der Waals surface area contributed by atoms with Crippen LogP contribution in [0.5, 0.6) is 0 Å². The minimum Gasteiger partial charge on any atom is -0.444 e. The van der Waals surface area contributed by atoms with Gasteiger partial charge >= 0.3 is 12.2 Å². The van der Waals surface area contributed by atoms with Gasteiger partial charge in [-0.05, 0) is 89.8 Å². The molecule has 0 aliphatic carbocycles. The zero-order chi connectivity index (χ0) is 28.6. The van der Waals surface area contributed by atoms with Crippen molar-refractivity contribution in [2.24, 2.45) is 0 Å². The van der Waals surface area contributed by atoms with Gasteiger partial charge in [0.15, 0.2) is 0 Å². The minimum absolute atomic E-state index is 0.183. The summed E-state index contributed by atoms with van der Waals surface area (Å²) in [6.07, 6.45) is 3.46. The third-order valence-corrected chi connectivity index (χ3v) is 5.51. The number of amides is 3. The molecule has 0 spiro atoms. The van der Waals surface area contributed by atoms with Crippen LogP contribution in [0.1, 0.15) is 64.9 Å². The zero-order valence-electron chi connectivity index (χ0n) is 23.5. The minimum atomic E-state index is -0.657. The van der Waals surface area contributed by atoms with Crippen molar-refractivity contribution in [3.8, 4) is 11.1 Å². The quantitative estimate of drug-likeness (QED) is 0.279. The lowest BCUT2D eigenvalue weighted by Crippen LogP contribution is -2.46. The summed E-state index contributed by atoms with van der Waals surface area (Å²) in [6, 6.07) is 11.2. The number of hydrogen-bond donors (Lipinski definition) is 4. The van der Waals surface area contributed by atoms with Gasteiger partial charge in [0.1, 0.15) is 16.9 Å². The Hall–Kier alpha value is -4.08. The number of alkyl carbamates (subject to hydrolysis) is 2. The number of aromatic amines is 1. The number of rotatable bonds is 9. The van der Waals surface area contributed by atoms with Crippen LogP contribution < -0.4 is 16.0 Å². The first-order chi connectivity index (χ1) is 18.3. The van der Waals surface area contributed by atoms with Crippen molar-refractivity contribution in [3.05, 3.63) is 54.5 Å². The maximum absolute atomic E-state index is 13.0. The summed E-state index contributed by atoms with van der Waals surface area (Å²) >= 11 is 0. The van der Waals surface area contributed by atoms with E-state index in [0.717, 1.165) is 22.0 Å². The molecule has 1 aromatic carbocycles. The SMILES string of the molecule is CC(C)(C)OC(=O)NCCC[C@H](CNC(=O)c1cc2ccc(-c3ccncc3)cc2[nH]1)NC(=O)OC(C)(C)C. The van der Waals surface area contributed by atoms with Crippen molar-refractivity contribution < 1.29 is 23.9 Å². The van der Waals surface area contributed by atoms with E-state index in [9.17, 15) is 14.4 Å². The first-order valence-corrected chi connectivity index (χ1v) is 13.1. The normalized spacial score (nSPS) is 12.5. The number of fused-ring (bicyclic) bond motifs is 1. The Balaban J connectivity index is 1.60. The van der Waals surface area contributed by atoms with E-state index in [4.69, 9.17) is 9.47 Å². The number of ether oxygens (including phenoxy) is 2. The van der Waals surface area contributed by atoms with Crippen molar-refractivity contribution in [1.29, 1.82) is 0 Å². The summed E-state index contributed by atoms with van der Waals surface area (Å²) in [5.74, 6) is -0.292. The summed E-state index contributed by atoms with van der Waals surface area (Å²) in [5, 5.41) is 9.34. The van der Waals surface area contributed by atoms with Crippen LogP contribution in [0.3, 0.4) is 0 Å². The van der Waals surface area contributed by atoms with Crippen LogP contribution in [0.2, 0.25) is 0 Å². The Morgan fingerprint density at radius 3 is 2.21 bits per heavy atom. The summed E-state index contributed by atoms with van der Waals surface area (Å²) in [4.78, 5) is 44.5. The second kappa shape index (κ2) is 12.6. The number of hydrogen-bond acceptors (Lipinski definition) is 6. The van der Waals surface area contributed by atoms with Crippen molar-refractivity contribution in [1.82, 2.24) is 25.9 Å². The van der Waals surface area contributed by atoms with Crippen LogP contribution in [0, 0.1) is 0 Å². The van der Waals surface area contributed by atoms with Crippen LogP contribution in [0.4, 0.5) is 9.59 Å². The highest BCUT2D eigenvalue weighted by atomic mass is 16.6. The zero-order valence-corrected chi connectivity index (χ0v) is 23.5. The highest BCUT2D eigenvalue weighted by Crippen LogP contribution is 2.24. The monoisotopic (exact) mass is 537 g/mol. The predicted octanol–water partition coefficient (Wildman–Crippen LogP) is 5.16. The van der Waals surface area contributed by atoms with E-state index >= 15 is 0 Å². The van der Waals surface area contributed by atoms with Crippen molar-refractivity contribution in [3.63, 3.8) is 0 Å². The summed E-state index contributed by atoms with van der Waals surface area (Å²) < 4.78 is 10.6. The largest absolute Gasteiger partial charge is 0.444 e. The van der Waals surface area contributed by atoms with Gasteiger partial charge in [0.2, 0.25) is 0 Å². The van der Waals surface area contributed by atoms with Crippen LogP contribution in [-0.4, -0.2) is 58.4 Å².